The highest BCUT2D eigenvalue weighted by molar-refractivity contribution is 5.94. The predicted octanol–water partition coefficient (Wildman–Crippen LogP) is 3.30. The Hall–Kier alpha value is -2.04. The van der Waals surface area contributed by atoms with Gasteiger partial charge in [0.1, 0.15) is 0 Å². The summed E-state index contributed by atoms with van der Waals surface area (Å²) in [5.74, 6) is 0.664. The Morgan fingerprint density at radius 3 is 2.80 bits per heavy atom. The molecule has 2 fully saturated rings. The first-order valence-electron chi connectivity index (χ1n) is 9.52. The summed E-state index contributed by atoms with van der Waals surface area (Å²) in [4.78, 5) is 26.7. The highest BCUT2D eigenvalue weighted by Crippen LogP contribution is 2.39. The van der Waals surface area contributed by atoms with Gasteiger partial charge in [0.15, 0.2) is 0 Å². The van der Waals surface area contributed by atoms with Crippen LogP contribution in [0.15, 0.2) is 24.3 Å². The zero-order valence-electron chi connectivity index (χ0n) is 15.3. The molecular weight excluding hydrogens is 314 g/mol. The van der Waals surface area contributed by atoms with Crippen LogP contribution < -0.4 is 10.6 Å². The van der Waals surface area contributed by atoms with Crippen LogP contribution in [0.2, 0.25) is 0 Å². The minimum Gasteiger partial charge on any atom is -0.350 e. The maximum absolute atomic E-state index is 12.5. The van der Waals surface area contributed by atoms with Gasteiger partial charge in [-0.25, -0.2) is 4.79 Å². The van der Waals surface area contributed by atoms with Gasteiger partial charge in [0.25, 0.3) is 5.91 Å². The number of urea groups is 1. The zero-order chi connectivity index (χ0) is 17.8. The maximum Gasteiger partial charge on any atom is 0.317 e. The molecule has 1 heterocycles. The number of nitrogens with zero attached hydrogens (tertiary/aromatic N) is 1. The Labute approximate surface area is 150 Å². The largest absolute Gasteiger partial charge is 0.350 e. The second-order valence-corrected chi connectivity index (χ2v) is 7.38. The van der Waals surface area contributed by atoms with Crippen molar-refractivity contribution in [2.45, 2.75) is 64.6 Å². The molecule has 2 N–H and O–H groups in total. The molecular formula is C20H29N3O2. The molecule has 0 bridgehead atoms. The molecule has 5 heteroatoms. The number of carbonyl (C=O) groups is 2. The molecule has 0 aromatic heterocycles. The van der Waals surface area contributed by atoms with E-state index in [1.165, 1.54) is 12.8 Å². The van der Waals surface area contributed by atoms with E-state index in [1.807, 2.05) is 43.0 Å². The number of hydrogen-bond donors (Lipinski definition) is 2. The van der Waals surface area contributed by atoms with E-state index in [9.17, 15) is 9.59 Å². The number of benzene rings is 1. The third kappa shape index (κ3) is 4.53. The van der Waals surface area contributed by atoms with Crippen LogP contribution in [0.5, 0.6) is 0 Å². The van der Waals surface area contributed by atoms with Crippen LogP contribution in [0.3, 0.4) is 0 Å². The van der Waals surface area contributed by atoms with E-state index in [1.54, 1.807) is 0 Å². The molecule has 25 heavy (non-hydrogen) atoms. The van der Waals surface area contributed by atoms with Gasteiger partial charge in [0.05, 0.1) is 0 Å². The number of likely N-dealkylation sites (tertiary alicyclic amines) is 1. The Morgan fingerprint density at radius 1 is 1.28 bits per heavy atom. The first-order valence-corrected chi connectivity index (χ1v) is 9.52. The zero-order valence-corrected chi connectivity index (χ0v) is 15.3. The normalized spacial score (nSPS) is 21.0. The van der Waals surface area contributed by atoms with Crippen molar-refractivity contribution >= 4 is 11.9 Å². The summed E-state index contributed by atoms with van der Waals surface area (Å²) in [7, 11) is 0. The molecule has 1 saturated carbocycles. The summed E-state index contributed by atoms with van der Waals surface area (Å²) in [6.07, 6.45) is 5.69. The summed E-state index contributed by atoms with van der Waals surface area (Å²) >= 11 is 0. The molecule has 1 aromatic carbocycles. The van der Waals surface area contributed by atoms with Gasteiger partial charge < -0.3 is 15.5 Å². The van der Waals surface area contributed by atoms with E-state index in [0.29, 0.717) is 18.2 Å². The fourth-order valence-electron chi connectivity index (χ4n) is 3.53. The minimum atomic E-state index is -0.0594. The molecule has 1 aromatic rings. The van der Waals surface area contributed by atoms with Gasteiger partial charge in [-0.05, 0) is 62.6 Å². The van der Waals surface area contributed by atoms with E-state index in [-0.39, 0.29) is 18.0 Å². The maximum atomic E-state index is 12.5. The van der Waals surface area contributed by atoms with Crippen molar-refractivity contribution in [3.05, 3.63) is 35.4 Å². The lowest BCUT2D eigenvalue weighted by atomic mass is 10.1. The lowest BCUT2D eigenvalue weighted by molar-refractivity contribution is 0.0939. The Bertz CT molecular complexity index is 627. The van der Waals surface area contributed by atoms with Crippen LogP contribution in [-0.4, -0.2) is 35.5 Å². The van der Waals surface area contributed by atoms with E-state index >= 15 is 0 Å². The van der Waals surface area contributed by atoms with Gasteiger partial charge in [-0.3, -0.25) is 4.79 Å². The first-order chi connectivity index (χ1) is 12.1. The van der Waals surface area contributed by atoms with Gasteiger partial charge in [-0.1, -0.05) is 19.1 Å². The number of rotatable bonds is 6. The van der Waals surface area contributed by atoms with Crippen molar-refractivity contribution in [1.29, 1.82) is 0 Å². The van der Waals surface area contributed by atoms with E-state index in [0.717, 1.165) is 37.3 Å². The van der Waals surface area contributed by atoms with E-state index in [4.69, 9.17) is 0 Å². The first kappa shape index (κ1) is 17.8. The smallest absolute Gasteiger partial charge is 0.317 e. The Balaban J connectivity index is 1.55. The van der Waals surface area contributed by atoms with Crippen LogP contribution in [-0.2, 0) is 6.54 Å². The minimum absolute atomic E-state index is 0.0314. The molecule has 2 unspecified atom stereocenters. The second kappa shape index (κ2) is 7.89. The summed E-state index contributed by atoms with van der Waals surface area (Å²) in [6, 6.07) is 8.12. The van der Waals surface area contributed by atoms with Crippen molar-refractivity contribution in [3.63, 3.8) is 0 Å². The Morgan fingerprint density at radius 2 is 2.08 bits per heavy atom. The van der Waals surface area contributed by atoms with Crippen molar-refractivity contribution in [2.24, 2.45) is 5.92 Å². The molecule has 5 nitrogen and oxygen atoms in total. The summed E-state index contributed by atoms with van der Waals surface area (Å²) < 4.78 is 0. The lowest BCUT2D eigenvalue weighted by Gasteiger charge is -2.25. The van der Waals surface area contributed by atoms with Gasteiger partial charge in [0, 0.05) is 30.7 Å². The van der Waals surface area contributed by atoms with E-state index < -0.39 is 0 Å². The van der Waals surface area contributed by atoms with Crippen LogP contribution in [0, 0.1) is 5.92 Å². The SMILES string of the molecule is CCC(C)NC(=O)c1cccc(CNC(=O)N2CCCC2C2CC2)c1. The van der Waals surface area contributed by atoms with Crippen molar-refractivity contribution < 1.29 is 9.59 Å². The summed E-state index contributed by atoms with van der Waals surface area (Å²) in [6.45, 7) is 5.36. The van der Waals surface area contributed by atoms with Crippen molar-refractivity contribution in [3.8, 4) is 0 Å². The molecule has 3 rings (SSSR count). The molecule has 1 aliphatic heterocycles. The molecule has 2 aliphatic rings. The van der Waals surface area contributed by atoms with Crippen LogP contribution in [0.1, 0.15) is 61.9 Å². The number of carbonyl (C=O) groups excluding carboxylic acids is 2. The Kier molecular flexibility index (Phi) is 5.61. The monoisotopic (exact) mass is 343 g/mol. The number of hydrogen-bond acceptors (Lipinski definition) is 2. The van der Waals surface area contributed by atoms with Crippen molar-refractivity contribution in [1.82, 2.24) is 15.5 Å². The molecule has 0 radical (unpaired) electrons. The predicted molar refractivity (Wildman–Crippen MR) is 98.3 cm³/mol. The molecule has 1 aliphatic carbocycles. The van der Waals surface area contributed by atoms with Gasteiger partial charge in [-0.2, -0.15) is 0 Å². The summed E-state index contributed by atoms with van der Waals surface area (Å²) in [5.41, 5.74) is 1.59. The van der Waals surface area contributed by atoms with Crippen LogP contribution >= 0.6 is 0 Å². The number of nitrogens with one attached hydrogen (secondary N) is 2. The highest BCUT2D eigenvalue weighted by Gasteiger charge is 2.39. The molecule has 0 spiro atoms. The lowest BCUT2D eigenvalue weighted by Crippen LogP contribution is -2.43. The molecule has 3 amide bonds. The third-order valence-electron chi connectivity index (χ3n) is 5.35. The quantitative estimate of drug-likeness (QED) is 0.832. The fraction of sp³-hybridized carbons (Fsp3) is 0.600. The standard InChI is InChI=1S/C20H29N3O2/c1-3-14(2)22-19(24)17-7-4-6-15(12-17)13-21-20(25)23-11-5-8-18(23)16-9-10-16/h4,6-7,12,14,16,18H,3,5,8-11,13H2,1-2H3,(H,21,25)(H,22,24). The topological polar surface area (TPSA) is 61.4 Å². The van der Waals surface area contributed by atoms with Crippen LogP contribution in [0.25, 0.3) is 0 Å². The van der Waals surface area contributed by atoms with E-state index in [2.05, 4.69) is 10.6 Å². The van der Waals surface area contributed by atoms with Gasteiger partial charge >= 0.3 is 6.03 Å². The molecule has 136 valence electrons. The molecule has 1 saturated heterocycles. The van der Waals surface area contributed by atoms with Crippen molar-refractivity contribution in [2.75, 3.05) is 6.54 Å². The highest BCUT2D eigenvalue weighted by atomic mass is 16.2. The van der Waals surface area contributed by atoms with Gasteiger partial charge in [0.2, 0.25) is 0 Å². The van der Waals surface area contributed by atoms with Crippen LogP contribution in [0.4, 0.5) is 4.79 Å². The average Bonchev–Trinajstić information content (AvgIpc) is 3.36. The third-order valence-corrected chi connectivity index (χ3v) is 5.35. The number of amides is 3. The van der Waals surface area contributed by atoms with Gasteiger partial charge in [-0.15, -0.1) is 0 Å². The fourth-order valence-corrected chi connectivity index (χ4v) is 3.53. The second-order valence-electron chi connectivity index (χ2n) is 7.38. The molecule has 2 atom stereocenters. The average molecular weight is 343 g/mol. The summed E-state index contributed by atoms with van der Waals surface area (Å²) in [5, 5.41) is 6.00.